The molecule has 10 heteroatoms. The zero-order valence-electron chi connectivity index (χ0n) is 25.4. The van der Waals surface area contributed by atoms with Crippen LogP contribution in [0, 0.1) is 0 Å². The van der Waals surface area contributed by atoms with Gasteiger partial charge in [0, 0.05) is 30.1 Å². The van der Waals surface area contributed by atoms with Crippen LogP contribution in [0.15, 0.2) is 48.8 Å². The van der Waals surface area contributed by atoms with Gasteiger partial charge in [0.1, 0.15) is 0 Å². The zero-order chi connectivity index (χ0) is 30.4. The van der Waals surface area contributed by atoms with E-state index in [2.05, 4.69) is 17.0 Å². The van der Waals surface area contributed by atoms with E-state index in [-0.39, 0.29) is 0 Å². The summed E-state index contributed by atoms with van der Waals surface area (Å²) in [6.45, 7) is 0.512. The van der Waals surface area contributed by atoms with E-state index >= 15 is 0 Å². The monoisotopic (exact) mass is 579 g/mol. The first-order valence-corrected chi connectivity index (χ1v) is 13.0. The summed E-state index contributed by atoms with van der Waals surface area (Å²) in [5, 5.41) is 0. The third kappa shape index (κ3) is 5.65. The summed E-state index contributed by atoms with van der Waals surface area (Å²) in [7, 11) is 14.3. The Morgan fingerprint density at radius 1 is 0.405 bits per heavy atom. The van der Waals surface area contributed by atoms with Crippen molar-refractivity contribution >= 4 is 0 Å². The van der Waals surface area contributed by atoms with Crippen molar-refractivity contribution in [2.75, 3.05) is 64.0 Å². The molecule has 0 N–H and O–H groups in total. The van der Waals surface area contributed by atoms with Gasteiger partial charge in [-0.3, -0.25) is 0 Å². The highest BCUT2D eigenvalue weighted by atomic mass is 16.5. The molecule has 0 fully saturated rings. The Hall–Kier alpha value is -4.86. The highest BCUT2D eigenvalue weighted by Gasteiger charge is 2.22. The standard InChI is InChI=1S/C32H37NO9/c1-34-24-10-19(11-25(35-2)30(24)40-7)16-33-17-22(20-12-26(36-3)31(41-8)27(13-20)37-4)23(18-33)21-14-28(38-5)32(42-9)29(15-21)39-6/h10-15,17-18H,16H2,1-9H3. The van der Waals surface area contributed by atoms with Crippen LogP contribution in [0.5, 0.6) is 51.7 Å². The highest BCUT2D eigenvalue weighted by Crippen LogP contribution is 2.47. The summed E-state index contributed by atoms with van der Waals surface area (Å²) in [5.41, 5.74) is 4.49. The van der Waals surface area contributed by atoms with Gasteiger partial charge in [-0.05, 0) is 53.1 Å². The Morgan fingerprint density at radius 3 is 0.952 bits per heavy atom. The maximum atomic E-state index is 5.66. The van der Waals surface area contributed by atoms with Crippen molar-refractivity contribution in [1.82, 2.24) is 4.57 Å². The maximum Gasteiger partial charge on any atom is 0.203 e. The van der Waals surface area contributed by atoms with Crippen molar-refractivity contribution in [3.8, 4) is 74.0 Å². The lowest BCUT2D eigenvalue weighted by Gasteiger charge is -2.16. The molecular weight excluding hydrogens is 542 g/mol. The molecule has 0 atom stereocenters. The molecule has 0 spiro atoms. The molecule has 0 aliphatic carbocycles. The molecule has 0 saturated heterocycles. The van der Waals surface area contributed by atoms with Gasteiger partial charge in [0.25, 0.3) is 0 Å². The number of hydrogen-bond donors (Lipinski definition) is 0. The van der Waals surface area contributed by atoms with E-state index in [1.54, 1.807) is 64.0 Å². The molecule has 0 unspecified atom stereocenters. The van der Waals surface area contributed by atoms with Crippen LogP contribution < -0.4 is 42.6 Å². The fourth-order valence-electron chi connectivity index (χ4n) is 4.97. The molecule has 42 heavy (non-hydrogen) atoms. The molecule has 0 radical (unpaired) electrons. The van der Waals surface area contributed by atoms with Crippen LogP contribution in [0.4, 0.5) is 0 Å². The molecule has 0 saturated carbocycles. The fourth-order valence-corrected chi connectivity index (χ4v) is 4.97. The molecule has 3 aromatic carbocycles. The van der Waals surface area contributed by atoms with Gasteiger partial charge in [0.15, 0.2) is 34.5 Å². The van der Waals surface area contributed by atoms with Crippen molar-refractivity contribution in [2.24, 2.45) is 0 Å². The van der Waals surface area contributed by atoms with Gasteiger partial charge < -0.3 is 47.2 Å². The first-order valence-electron chi connectivity index (χ1n) is 13.0. The summed E-state index contributed by atoms with van der Waals surface area (Å²) < 4.78 is 52.5. The molecule has 4 aromatic rings. The van der Waals surface area contributed by atoms with E-state index in [0.29, 0.717) is 58.3 Å². The fraction of sp³-hybridized carbons (Fsp3) is 0.312. The lowest BCUT2D eigenvalue weighted by atomic mass is 9.97. The quantitative estimate of drug-likeness (QED) is 0.191. The second-order valence-electron chi connectivity index (χ2n) is 9.12. The third-order valence-electron chi connectivity index (χ3n) is 6.92. The lowest BCUT2D eigenvalue weighted by molar-refractivity contribution is 0.323. The third-order valence-corrected chi connectivity index (χ3v) is 6.92. The molecule has 0 bridgehead atoms. The Kier molecular flexibility index (Phi) is 9.46. The predicted molar refractivity (Wildman–Crippen MR) is 160 cm³/mol. The van der Waals surface area contributed by atoms with Gasteiger partial charge in [-0.2, -0.15) is 0 Å². The average molecular weight is 580 g/mol. The first-order chi connectivity index (χ1) is 20.4. The van der Waals surface area contributed by atoms with Crippen molar-refractivity contribution < 1.29 is 42.6 Å². The SMILES string of the molecule is COc1cc(Cn2cc(-c3cc(OC)c(OC)c(OC)c3)c(-c3cc(OC)c(OC)c(OC)c3)c2)cc(OC)c1OC. The van der Waals surface area contributed by atoms with Crippen LogP contribution in [0.25, 0.3) is 22.3 Å². The van der Waals surface area contributed by atoms with Gasteiger partial charge in [0.2, 0.25) is 17.2 Å². The highest BCUT2D eigenvalue weighted by molar-refractivity contribution is 5.87. The van der Waals surface area contributed by atoms with Crippen molar-refractivity contribution in [2.45, 2.75) is 6.54 Å². The number of hydrogen-bond acceptors (Lipinski definition) is 9. The minimum absolute atomic E-state index is 0.509. The molecule has 4 rings (SSSR count). The number of rotatable bonds is 13. The number of aromatic nitrogens is 1. The molecule has 224 valence electrons. The molecule has 0 aliphatic rings. The molecule has 1 aromatic heterocycles. The van der Waals surface area contributed by atoms with Crippen molar-refractivity contribution in [3.63, 3.8) is 0 Å². The van der Waals surface area contributed by atoms with E-state index in [1.165, 1.54) is 0 Å². The summed E-state index contributed by atoms with van der Waals surface area (Å²) in [5.74, 6) is 4.88. The van der Waals surface area contributed by atoms with Crippen LogP contribution in [-0.4, -0.2) is 68.6 Å². The second-order valence-corrected chi connectivity index (χ2v) is 9.12. The van der Waals surface area contributed by atoms with Gasteiger partial charge >= 0.3 is 0 Å². The Bertz CT molecular complexity index is 1390. The Labute approximate surface area is 246 Å². The van der Waals surface area contributed by atoms with E-state index in [0.717, 1.165) is 27.8 Å². The molecular formula is C32H37NO9. The number of nitrogens with zero attached hydrogens (tertiary/aromatic N) is 1. The second kappa shape index (κ2) is 13.2. The predicted octanol–water partition coefficient (Wildman–Crippen LogP) is 5.95. The summed E-state index contributed by atoms with van der Waals surface area (Å²) in [6.07, 6.45) is 4.12. The van der Waals surface area contributed by atoms with E-state index in [4.69, 9.17) is 42.6 Å². The Balaban J connectivity index is 1.95. The van der Waals surface area contributed by atoms with Crippen molar-refractivity contribution in [3.05, 3.63) is 54.4 Å². The lowest BCUT2D eigenvalue weighted by Crippen LogP contribution is -2.00. The summed E-state index contributed by atoms with van der Waals surface area (Å²) in [6, 6.07) is 11.5. The smallest absolute Gasteiger partial charge is 0.203 e. The van der Waals surface area contributed by atoms with E-state index in [1.807, 2.05) is 36.4 Å². The minimum atomic E-state index is 0.509. The normalized spacial score (nSPS) is 10.6. The van der Waals surface area contributed by atoms with Crippen LogP contribution in [0.2, 0.25) is 0 Å². The first kappa shape index (κ1) is 30.1. The number of benzene rings is 3. The zero-order valence-corrected chi connectivity index (χ0v) is 25.4. The number of methoxy groups -OCH3 is 9. The molecule has 0 amide bonds. The van der Waals surface area contributed by atoms with Crippen LogP contribution in [0.1, 0.15) is 5.56 Å². The topological polar surface area (TPSA) is 88.0 Å². The molecule has 1 heterocycles. The van der Waals surface area contributed by atoms with Gasteiger partial charge in [-0.15, -0.1) is 0 Å². The average Bonchev–Trinajstić information content (AvgIpc) is 3.46. The van der Waals surface area contributed by atoms with Crippen LogP contribution in [0.3, 0.4) is 0 Å². The maximum absolute atomic E-state index is 5.66. The summed E-state index contributed by atoms with van der Waals surface area (Å²) in [4.78, 5) is 0. The summed E-state index contributed by atoms with van der Waals surface area (Å²) >= 11 is 0. The van der Waals surface area contributed by atoms with Gasteiger partial charge in [-0.1, -0.05) is 0 Å². The minimum Gasteiger partial charge on any atom is -0.493 e. The van der Waals surface area contributed by atoms with Gasteiger partial charge in [0.05, 0.1) is 64.0 Å². The van der Waals surface area contributed by atoms with E-state index < -0.39 is 0 Å². The van der Waals surface area contributed by atoms with Crippen molar-refractivity contribution in [1.29, 1.82) is 0 Å². The van der Waals surface area contributed by atoms with E-state index in [9.17, 15) is 0 Å². The largest absolute Gasteiger partial charge is 0.493 e. The van der Waals surface area contributed by atoms with Crippen LogP contribution in [-0.2, 0) is 6.54 Å². The van der Waals surface area contributed by atoms with Gasteiger partial charge in [-0.25, -0.2) is 0 Å². The molecule has 10 nitrogen and oxygen atoms in total. The molecule has 0 aliphatic heterocycles. The van der Waals surface area contributed by atoms with Crippen LogP contribution >= 0.6 is 0 Å². The Morgan fingerprint density at radius 2 is 0.690 bits per heavy atom. The number of ether oxygens (including phenoxy) is 9.